The molecule has 0 saturated carbocycles. The highest BCUT2D eigenvalue weighted by molar-refractivity contribution is 6.30. The summed E-state index contributed by atoms with van der Waals surface area (Å²) >= 11 is 5.79. The van der Waals surface area contributed by atoms with Gasteiger partial charge in [0.05, 0.1) is 21.8 Å². The molecule has 0 saturated heterocycles. The number of aromatic nitrogens is 1. The van der Waals surface area contributed by atoms with Crippen molar-refractivity contribution in [3.05, 3.63) is 46.6 Å². The minimum Gasteiger partial charge on any atom is -0.396 e. The number of halogens is 1. The Balaban J connectivity index is 1.95. The van der Waals surface area contributed by atoms with Gasteiger partial charge in [-0.1, -0.05) is 11.6 Å². The number of amides is 2. The number of nitrogens with one attached hydrogen (secondary N) is 1. The Hall–Kier alpha value is -2.60. The van der Waals surface area contributed by atoms with Crippen LogP contribution < -0.4 is 11.1 Å². The van der Waals surface area contributed by atoms with Crippen molar-refractivity contribution in [2.24, 2.45) is 0 Å². The van der Waals surface area contributed by atoms with Crippen LogP contribution in [0.4, 0.5) is 17.2 Å². The molecular weight excluding hydrogens is 292 g/mol. The van der Waals surface area contributed by atoms with Crippen LogP contribution in [0.2, 0.25) is 5.02 Å². The molecule has 6 nitrogen and oxygen atoms in total. The number of nitrogens with two attached hydrogens (primary N) is 1. The number of pyridine rings is 1. The molecular formula is C14H11ClN4O2. The number of nitrogens with zero attached hydrogens (tertiary/aromatic N) is 2. The molecule has 0 unspecified atom stereocenters. The number of fused-ring (bicyclic) bond motifs is 1. The summed E-state index contributed by atoms with van der Waals surface area (Å²) in [6.45, 7) is 0. The van der Waals surface area contributed by atoms with Gasteiger partial charge in [0.15, 0.2) is 5.82 Å². The Morgan fingerprint density at radius 2 is 1.90 bits per heavy atom. The third-order valence-corrected chi connectivity index (χ3v) is 3.44. The maximum atomic E-state index is 11.9. The summed E-state index contributed by atoms with van der Waals surface area (Å²) in [5.74, 6) is -0.189. The SMILES string of the molecule is CN1C(=O)c2ccc(Nc3ncc(Cl)cc3N)cc2C1=O. The van der Waals surface area contributed by atoms with Gasteiger partial charge in [-0.3, -0.25) is 14.5 Å². The number of nitrogen functional groups attached to an aromatic ring is 1. The molecule has 1 aromatic carbocycles. The molecule has 3 N–H and O–H groups in total. The van der Waals surface area contributed by atoms with Crippen molar-refractivity contribution < 1.29 is 9.59 Å². The van der Waals surface area contributed by atoms with E-state index in [0.29, 0.717) is 33.3 Å². The van der Waals surface area contributed by atoms with Gasteiger partial charge in [0.25, 0.3) is 11.8 Å². The molecule has 1 aliphatic heterocycles. The Labute approximate surface area is 125 Å². The van der Waals surface area contributed by atoms with Crippen LogP contribution >= 0.6 is 11.6 Å². The molecule has 106 valence electrons. The summed E-state index contributed by atoms with van der Waals surface area (Å²) in [6.07, 6.45) is 1.47. The molecule has 0 radical (unpaired) electrons. The van der Waals surface area contributed by atoms with E-state index >= 15 is 0 Å². The molecule has 1 aliphatic rings. The second-order valence-corrected chi connectivity index (χ2v) is 5.08. The second kappa shape index (κ2) is 4.75. The first-order chi connectivity index (χ1) is 9.97. The first kappa shape index (κ1) is 13.4. The molecule has 3 rings (SSSR count). The van der Waals surface area contributed by atoms with E-state index < -0.39 is 0 Å². The molecule has 0 bridgehead atoms. The van der Waals surface area contributed by atoms with Crippen LogP contribution in [0.3, 0.4) is 0 Å². The normalized spacial score (nSPS) is 13.5. The predicted molar refractivity (Wildman–Crippen MR) is 79.8 cm³/mol. The van der Waals surface area contributed by atoms with Crippen molar-refractivity contribution in [2.45, 2.75) is 0 Å². The number of imide groups is 1. The summed E-state index contributed by atoms with van der Waals surface area (Å²) < 4.78 is 0. The van der Waals surface area contributed by atoms with E-state index in [1.165, 1.54) is 13.2 Å². The molecule has 21 heavy (non-hydrogen) atoms. The number of hydrogen-bond donors (Lipinski definition) is 2. The third-order valence-electron chi connectivity index (χ3n) is 3.24. The molecule has 1 aromatic heterocycles. The molecule has 2 aromatic rings. The lowest BCUT2D eigenvalue weighted by Gasteiger charge is -2.09. The molecule has 0 spiro atoms. The van der Waals surface area contributed by atoms with Crippen molar-refractivity contribution in [1.29, 1.82) is 0 Å². The Morgan fingerprint density at radius 3 is 2.62 bits per heavy atom. The quantitative estimate of drug-likeness (QED) is 0.831. The Bertz CT molecular complexity index is 776. The fourth-order valence-electron chi connectivity index (χ4n) is 2.14. The average molecular weight is 303 g/mol. The lowest BCUT2D eigenvalue weighted by atomic mass is 10.1. The van der Waals surface area contributed by atoms with Gasteiger partial charge in [0, 0.05) is 18.9 Å². The van der Waals surface area contributed by atoms with Gasteiger partial charge in [-0.05, 0) is 24.3 Å². The maximum Gasteiger partial charge on any atom is 0.261 e. The fraction of sp³-hybridized carbons (Fsp3) is 0.0714. The van der Waals surface area contributed by atoms with Crippen LogP contribution in [0, 0.1) is 0 Å². The summed E-state index contributed by atoms with van der Waals surface area (Å²) in [5, 5.41) is 3.44. The predicted octanol–water partition coefficient (Wildman–Crippen LogP) is 2.29. The molecule has 7 heteroatoms. The molecule has 2 heterocycles. The highest BCUT2D eigenvalue weighted by atomic mass is 35.5. The van der Waals surface area contributed by atoms with Gasteiger partial charge in [-0.15, -0.1) is 0 Å². The summed E-state index contributed by atoms with van der Waals surface area (Å²) in [7, 11) is 1.45. The molecule has 2 amide bonds. The first-order valence-corrected chi connectivity index (χ1v) is 6.49. The van der Waals surface area contributed by atoms with Crippen molar-refractivity contribution in [1.82, 2.24) is 9.88 Å². The molecule has 0 fully saturated rings. The minimum absolute atomic E-state index is 0.300. The van der Waals surface area contributed by atoms with Crippen molar-refractivity contribution in [3.63, 3.8) is 0 Å². The van der Waals surface area contributed by atoms with E-state index in [-0.39, 0.29) is 11.8 Å². The van der Waals surface area contributed by atoms with Gasteiger partial charge in [-0.2, -0.15) is 0 Å². The zero-order valence-corrected chi connectivity index (χ0v) is 11.8. The second-order valence-electron chi connectivity index (χ2n) is 4.65. The van der Waals surface area contributed by atoms with E-state index in [9.17, 15) is 9.59 Å². The van der Waals surface area contributed by atoms with Gasteiger partial charge in [-0.25, -0.2) is 4.98 Å². The number of hydrogen-bond acceptors (Lipinski definition) is 5. The minimum atomic E-state index is -0.323. The van der Waals surface area contributed by atoms with Gasteiger partial charge >= 0.3 is 0 Å². The highest BCUT2D eigenvalue weighted by Crippen LogP contribution is 2.28. The maximum absolute atomic E-state index is 11.9. The van der Waals surface area contributed by atoms with E-state index in [4.69, 9.17) is 17.3 Å². The van der Waals surface area contributed by atoms with Crippen molar-refractivity contribution in [3.8, 4) is 0 Å². The highest BCUT2D eigenvalue weighted by Gasteiger charge is 2.32. The van der Waals surface area contributed by atoms with Crippen LogP contribution in [0.5, 0.6) is 0 Å². The monoisotopic (exact) mass is 302 g/mol. The zero-order valence-electron chi connectivity index (χ0n) is 11.1. The standard InChI is InChI=1S/C14H11ClN4O2/c1-19-13(20)9-3-2-8(5-10(9)14(19)21)18-12-11(16)4-7(15)6-17-12/h2-6H,16H2,1H3,(H,17,18). The largest absolute Gasteiger partial charge is 0.396 e. The summed E-state index contributed by atoms with van der Waals surface area (Å²) in [4.78, 5) is 28.9. The Kier molecular flexibility index (Phi) is 3.03. The average Bonchev–Trinajstić information content (AvgIpc) is 2.67. The number of carbonyl (C=O) groups excluding carboxylic acids is 2. The summed E-state index contributed by atoms with van der Waals surface area (Å²) in [6, 6.07) is 6.48. The van der Waals surface area contributed by atoms with Crippen LogP contribution in [-0.2, 0) is 0 Å². The van der Waals surface area contributed by atoms with E-state index in [0.717, 1.165) is 4.90 Å². The molecule has 0 atom stereocenters. The number of carbonyl (C=O) groups is 2. The van der Waals surface area contributed by atoms with Crippen molar-refractivity contribution in [2.75, 3.05) is 18.1 Å². The lowest BCUT2D eigenvalue weighted by molar-refractivity contribution is 0.0693. The summed E-state index contributed by atoms with van der Waals surface area (Å²) in [5.41, 5.74) is 7.58. The van der Waals surface area contributed by atoms with E-state index in [1.54, 1.807) is 24.3 Å². The van der Waals surface area contributed by atoms with Gasteiger partial charge < -0.3 is 11.1 Å². The number of rotatable bonds is 2. The molecule has 0 aliphatic carbocycles. The van der Waals surface area contributed by atoms with Crippen LogP contribution in [0.15, 0.2) is 30.5 Å². The number of benzene rings is 1. The number of anilines is 3. The zero-order chi connectivity index (χ0) is 15.1. The Morgan fingerprint density at radius 1 is 1.19 bits per heavy atom. The van der Waals surface area contributed by atoms with E-state index in [1.807, 2.05) is 0 Å². The van der Waals surface area contributed by atoms with Crippen LogP contribution in [-0.4, -0.2) is 28.7 Å². The first-order valence-electron chi connectivity index (χ1n) is 6.12. The van der Waals surface area contributed by atoms with Gasteiger partial charge in [0.1, 0.15) is 0 Å². The van der Waals surface area contributed by atoms with Crippen LogP contribution in [0.1, 0.15) is 20.7 Å². The smallest absolute Gasteiger partial charge is 0.261 e. The third kappa shape index (κ3) is 2.19. The fourth-order valence-corrected chi connectivity index (χ4v) is 2.30. The lowest BCUT2D eigenvalue weighted by Crippen LogP contribution is -2.24. The topological polar surface area (TPSA) is 88.3 Å². The van der Waals surface area contributed by atoms with Crippen molar-refractivity contribution >= 4 is 40.6 Å². The van der Waals surface area contributed by atoms with Crippen LogP contribution in [0.25, 0.3) is 0 Å². The van der Waals surface area contributed by atoms with Gasteiger partial charge in [0.2, 0.25) is 0 Å². The van der Waals surface area contributed by atoms with E-state index in [2.05, 4.69) is 10.3 Å².